The Morgan fingerprint density at radius 2 is 1.89 bits per heavy atom. The molecule has 1 fully saturated rings. The highest BCUT2D eigenvalue weighted by atomic mass is 35.5. The molecule has 0 radical (unpaired) electrons. The lowest BCUT2D eigenvalue weighted by atomic mass is 10.0. The summed E-state index contributed by atoms with van der Waals surface area (Å²) in [5, 5.41) is 12.4. The van der Waals surface area contributed by atoms with Gasteiger partial charge >= 0.3 is 0 Å². The fraction of sp³-hybridized carbons (Fsp3) is 0.667. The van der Waals surface area contributed by atoms with Crippen LogP contribution in [-0.2, 0) is 0 Å². The van der Waals surface area contributed by atoms with E-state index in [4.69, 9.17) is 4.42 Å². The van der Waals surface area contributed by atoms with Crippen LogP contribution < -0.4 is 0 Å². The number of hydrogen-bond acceptors (Lipinski definition) is 6. The summed E-state index contributed by atoms with van der Waals surface area (Å²) in [5.74, 6) is 1.81. The van der Waals surface area contributed by atoms with E-state index in [1.165, 1.54) is 6.26 Å². The highest BCUT2D eigenvalue weighted by Crippen LogP contribution is 2.28. The Balaban J connectivity index is 0.00000261. The molecule has 0 N–H and O–H groups in total. The van der Waals surface area contributed by atoms with Gasteiger partial charge in [0.25, 0.3) is 5.91 Å². The summed E-state index contributed by atoms with van der Waals surface area (Å²) in [5.41, 5.74) is 0. The van der Waals surface area contributed by atoms with Gasteiger partial charge in [-0.15, -0.1) is 17.5 Å². The van der Waals surface area contributed by atoms with E-state index in [1.54, 1.807) is 12.1 Å². The SMILES string of the molecule is CC(C)CC(c1nnnn1C(C)C)N1CCN(C(=O)c2ccco2)CC1.Cl. The summed E-state index contributed by atoms with van der Waals surface area (Å²) in [6.07, 6.45) is 2.52. The number of nitrogens with zero attached hydrogens (tertiary/aromatic N) is 6. The largest absolute Gasteiger partial charge is 0.459 e. The summed E-state index contributed by atoms with van der Waals surface area (Å²) >= 11 is 0. The van der Waals surface area contributed by atoms with Crippen LogP contribution in [0.1, 0.15) is 62.6 Å². The Hall–Kier alpha value is -1.93. The molecule has 2 aromatic heterocycles. The van der Waals surface area contributed by atoms with E-state index < -0.39 is 0 Å². The molecule has 1 atom stereocenters. The third-order valence-electron chi connectivity index (χ3n) is 4.77. The lowest BCUT2D eigenvalue weighted by Crippen LogP contribution is -2.50. The predicted molar refractivity (Wildman–Crippen MR) is 104 cm³/mol. The van der Waals surface area contributed by atoms with E-state index in [-0.39, 0.29) is 30.4 Å². The Morgan fingerprint density at radius 3 is 2.44 bits per heavy atom. The normalized spacial score (nSPS) is 16.6. The molecule has 0 aliphatic carbocycles. The fourth-order valence-corrected chi connectivity index (χ4v) is 3.44. The van der Waals surface area contributed by atoms with Gasteiger partial charge in [-0.25, -0.2) is 4.68 Å². The van der Waals surface area contributed by atoms with Gasteiger partial charge in [-0.05, 0) is 48.7 Å². The number of halogens is 1. The van der Waals surface area contributed by atoms with Crippen molar-refractivity contribution in [3.8, 4) is 0 Å². The molecule has 0 saturated carbocycles. The molecule has 0 spiro atoms. The molecule has 8 nitrogen and oxygen atoms in total. The second-order valence-corrected chi connectivity index (χ2v) is 7.53. The average Bonchev–Trinajstić information content (AvgIpc) is 3.30. The first-order valence-corrected chi connectivity index (χ1v) is 9.32. The van der Waals surface area contributed by atoms with Gasteiger partial charge in [0.1, 0.15) is 0 Å². The summed E-state index contributed by atoms with van der Waals surface area (Å²) in [4.78, 5) is 16.7. The minimum atomic E-state index is -0.0397. The van der Waals surface area contributed by atoms with Gasteiger partial charge < -0.3 is 9.32 Å². The first-order chi connectivity index (χ1) is 12.5. The van der Waals surface area contributed by atoms with Crippen molar-refractivity contribution in [3.05, 3.63) is 30.0 Å². The topological polar surface area (TPSA) is 80.3 Å². The monoisotopic (exact) mass is 396 g/mol. The molecule has 1 saturated heterocycles. The summed E-state index contributed by atoms with van der Waals surface area (Å²) in [6.45, 7) is 11.6. The highest BCUT2D eigenvalue weighted by Gasteiger charge is 2.32. The molecule has 1 unspecified atom stereocenters. The number of rotatable bonds is 6. The van der Waals surface area contributed by atoms with E-state index in [2.05, 4.69) is 48.1 Å². The molecule has 0 aromatic carbocycles. The number of carbonyl (C=O) groups is 1. The zero-order valence-corrected chi connectivity index (χ0v) is 17.2. The number of hydrogen-bond donors (Lipinski definition) is 0. The molecule has 27 heavy (non-hydrogen) atoms. The molecule has 3 rings (SSSR count). The molecule has 0 bridgehead atoms. The standard InChI is InChI=1S/C18H28N6O2.ClH/c1-13(2)12-15(17-19-20-21-24(17)14(3)4)22-7-9-23(10-8-22)18(25)16-6-5-11-26-16;/h5-6,11,13-15H,7-10,12H2,1-4H3;1H. The van der Waals surface area contributed by atoms with Gasteiger partial charge in [-0.1, -0.05) is 13.8 Å². The van der Waals surface area contributed by atoms with Gasteiger partial charge in [-0.2, -0.15) is 0 Å². The summed E-state index contributed by atoms with van der Waals surface area (Å²) in [6, 6.07) is 3.84. The maximum atomic E-state index is 12.5. The molecule has 9 heteroatoms. The van der Waals surface area contributed by atoms with Crippen LogP contribution in [0.3, 0.4) is 0 Å². The zero-order valence-electron chi connectivity index (χ0n) is 16.4. The van der Waals surface area contributed by atoms with Crippen LogP contribution in [0.4, 0.5) is 0 Å². The van der Waals surface area contributed by atoms with Crippen molar-refractivity contribution < 1.29 is 9.21 Å². The van der Waals surface area contributed by atoms with Crippen LogP contribution in [0.5, 0.6) is 0 Å². The molecular formula is C18H29ClN6O2. The third kappa shape index (κ3) is 4.87. The summed E-state index contributed by atoms with van der Waals surface area (Å²) < 4.78 is 7.15. The Kier molecular flexibility index (Phi) is 7.38. The van der Waals surface area contributed by atoms with E-state index in [1.807, 2.05) is 9.58 Å². The lowest BCUT2D eigenvalue weighted by molar-refractivity contribution is 0.0498. The minimum Gasteiger partial charge on any atom is -0.459 e. The van der Waals surface area contributed by atoms with Crippen LogP contribution in [0.25, 0.3) is 0 Å². The Bertz CT molecular complexity index is 707. The van der Waals surface area contributed by atoms with Crippen molar-refractivity contribution in [2.24, 2.45) is 5.92 Å². The zero-order chi connectivity index (χ0) is 18.7. The van der Waals surface area contributed by atoms with Crippen LogP contribution in [-0.4, -0.2) is 62.1 Å². The minimum absolute atomic E-state index is 0. The van der Waals surface area contributed by atoms with Crippen molar-refractivity contribution >= 4 is 18.3 Å². The van der Waals surface area contributed by atoms with E-state index in [9.17, 15) is 4.79 Å². The fourth-order valence-electron chi connectivity index (χ4n) is 3.44. The molecule has 2 aromatic rings. The molecule has 150 valence electrons. The van der Waals surface area contributed by atoms with Crippen molar-refractivity contribution in [3.63, 3.8) is 0 Å². The van der Waals surface area contributed by atoms with Crippen molar-refractivity contribution in [1.29, 1.82) is 0 Å². The Morgan fingerprint density at radius 1 is 1.19 bits per heavy atom. The summed E-state index contributed by atoms with van der Waals surface area (Å²) in [7, 11) is 0. The smallest absolute Gasteiger partial charge is 0.289 e. The third-order valence-corrected chi connectivity index (χ3v) is 4.77. The number of amides is 1. The van der Waals surface area contributed by atoms with Crippen molar-refractivity contribution in [2.45, 2.75) is 46.2 Å². The maximum absolute atomic E-state index is 12.5. The quantitative estimate of drug-likeness (QED) is 0.746. The first-order valence-electron chi connectivity index (χ1n) is 9.32. The van der Waals surface area contributed by atoms with E-state index in [0.29, 0.717) is 24.8 Å². The van der Waals surface area contributed by atoms with Crippen LogP contribution in [0.15, 0.2) is 22.8 Å². The number of carbonyl (C=O) groups excluding carboxylic acids is 1. The number of piperazine rings is 1. The number of tetrazole rings is 1. The van der Waals surface area contributed by atoms with Gasteiger partial charge in [0.15, 0.2) is 11.6 Å². The second kappa shape index (κ2) is 9.32. The molecule has 3 heterocycles. The number of furan rings is 1. The molecule has 1 amide bonds. The van der Waals surface area contributed by atoms with Crippen molar-refractivity contribution in [2.75, 3.05) is 26.2 Å². The number of aromatic nitrogens is 4. The molecule has 1 aliphatic rings. The van der Waals surface area contributed by atoms with Crippen LogP contribution in [0.2, 0.25) is 0 Å². The van der Waals surface area contributed by atoms with Crippen LogP contribution >= 0.6 is 12.4 Å². The average molecular weight is 397 g/mol. The van der Waals surface area contributed by atoms with Gasteiger partial charge in [0.05, 0.1) is 18.3 Å². The molecular weight excluding hydrogens is 368 g/mol. The van der Waals surface area contributed by atoms with Gasteiger partial charge in [-0.3, -0.25) is 9.69 Å². The van der Waals surface area contributed by atoms with Crippen LogP contribution in [0, 0.1) is 5.92 Å². The Labute approximate surface area is 166 Å². The van der Waals surface area contributed by atoms with Gasteiger partial charge in [0, 0.05) is 26.2 Å². The maximum Gasteiger partial charge on any atom is 0.289 e. The predicted octanol–water partition coefficient (Wildman–Crippen LogP) is 2.81. The first kappa shape index (κ1) is 21.4. The lowest BCUT2D eigenvalue weighted by Gasteiger charge is -2.39. The molecule has 1 aliphatic heterocycles. The van der Waals surface area contributed by atoms with Crippen molar-refractivity contribution in [1.82, 2.24) is 30.0 Å². The van der Waals surface area contributed by atoms with E-state index >= 15 is 0 Å². The highest BCUT2D eigenvalue weighted by molar-refractivity contribution is 5.91. The van der Waals surface area contributed by atoms with E-state index in [0.717, 1.165) is 25.3 Å². The second-order valence-electron chi connectivity index (χ2n) is 7.53. The van der Waals surface area contributed by atoms with Gasteiger partial charge in [0.2, 0.25) is 0 Å².